The van der Waals surface area contributed by atoms with Crippen LogP contribution in [-0.2, 0) is 5.75 Å². The van der Waals surface area contributed by atoms with Gasteiger partial charge in [0.05, 0.1) is 0 Å². The number of aromatic nitrogens is 3. The van der Waals surface area contributed by atoms with Crippen molar-refractivity contribution >= 4 is 11.8 Å². The van der Waals surface area contributed by atoms with Crippen molar-refractivity contribution in [3.8, 4) is 0 Å². The van der Waals surface area contributed by atoms with Gasteiger partial charge in [0.2, 0.25) is 0 Å². The van der Waals surface area contributed by atoms with Crippen molar-refractivity contribution in [3.63, 3.8) is 0 Å². The highest BCUT2D eigenvalue weighted by molar-refractivity contribution is 7.98. The molecule has 0 N–H and O–H groups in total. The Labute approximate surface area is 124 Å². The van der Waals surface area contributed by atoms with Crippen LogP contribution in [0.25, 0.3) is 0 Å². The van der Waals surface area contributed by atoms with Crippen molar-refractivity contribution in [2.24, 2.45) is 0 Å². The highest BCUT2D eigenvalue weighted by atomic mass is 32.2. The highest BCUT2D eigenvalue weighted by Gasteiger charge is 2.21. The average Bonchev–Trinajstić information content (AvgIpc) is 2.88. The Morgan fingerprint density at radius 3 is 2.60 bits per heavy atom. The third-order valence-electron chi connectivity index (χ3n) is 3.99. The second-order valence-electron chi connectivity index (χ2n) is 5.47. The Morgan fingerprint density at radius 1 is 1.10 bits per heavy atom. The lowest BCUT2D eigenvalue weighted by atomic mass is 9.95. The summed E-state index contributed by atoms with van der Waals surface area (Å²) in [5.41, 5.74) is 1.34. The van der Waals surface area contributed by atoms with Crippen molar-refractivity contribution in [1.82, 2.24) is 14.8 Å². The van der Waals surface area contributed by atoms with Crippen molar-refractivity contribution in [3.05, 3.63) is 41.7 Å². The zero-order valence-electron chi connectivity index (χ0n) is 12.0. The third-order valence-corrected chi connectivity index (χ3v) is 5.00. The molecule has 3 rings (SSSR count). The number of hydrogen-bond donors (Lipinski definition) is 0. The number of nitrogens with zero attached hydrogens (tertiary/aromatic N) is 3. The van der Waals surface area contributed by atoms with Crippen LogP contribution >= 0.6 is 11.8 Å². The van der Waals surface area contributed by atoms with Gasteiger partial charge in [-0.25, -0.2) is 0 Å². The zero-order chi connectivity index (χ0) is 13.8. The topological polar surface area (TPSA) is 30.7 Å². The molecular formula is C16H21N3S. The summed E-state index contributed by atoms with van der Waals surface area (Å²) in [6.45, 7) is 2.08. The van der Waals surface area contributed by atoms with Crippen molar-refractivity contribution < 1.29 is 0 Å². The SMILES string of the molecule is Cc1nnc(SCc2ccccc2)n1C1CCCCC1. The number of benzene rings is 1. The molecular weight excluding hydrogens is 266 g/mol. The zero-order valence-corrected chi connectivity index (χ0v) is 12.8. The standard InChI is InChI=1S/C16H21N3S/c1-13-17-18-16(19(13)15-10-6-3-7-11-15)20-12-14-8-4-2-5-9-14/h2,4-5,8-9,15H,3,6-7,10-12H2,1H3. The monoisotopic (exact) mass is 287 g/mol. The van der Waals surface area contributed by atoms with E-state index >= 15 is 0 Å². The first-order chi connectivity index (χ1) is 9.84. The maximum atomic E-state index is 4.38. The van der Waals surface area contributed by atoms with Gasteiger partial charge in [0.15, 0.2) is 5.16 Å². The van der Waals surface area contributed by atoms with E-state index in [1.807, 2.05) is 0 Å². The molecule has 2 aromatic rings. The van der Waals surface area contributed by atoms with E-state index < -0.39 is 0 Å². The minimum atomic E-state index is 0.608. The summed E-state index contributed by atoms with van der Waals surface area (Å²) in [6, 6.07) is 11.2. The van der Waals surface area contributed by atoms with Gasteiger partial charge in [-0.3, -0.25) is 0 Å². The second-order valence-corrected chi connectivity index (χ2v) is 6.41. The quantitative estimate of drug-likeness (QED) is 0.782. The molecule has 0 bridgehead atoms. The molecule has 1 aliphatic carbocycles. The lowest BCUT2D eigenvalue weighted by Crippen LogP contribution is -2.15. The molecule has 0 radical (unpaired) electrons. The van der Waals surface area contributed by atoms with E-state index in [0.29, 0.717) is 6.04 Å². The summed E-state index contributed by atoms with van der Waals surface area (Å²) < 4.78 is 2.37. The minimum Gasteiger partial charge on any atom is -0.303 e. The smallest absolute Gasteiger partial charge is 0.191 e. The molecule has 0 atom stereocenters. The second kappa shape index (κ2) is 6.44. The molecule has 1 aliphatic rings. The Morgan fingerprint density at radius 2 is 1.85 bits per heavy atom. The lowest BCUT2D eigenvalue weighted by Gasteiger charge is -2.25. The maximum absolute atomic E-state index is 4.38. The molecule has 4 heteroatoms. The van der Waals surface area contributed by atoms with Gasteiger partial charge in [-0.2, -0.15) is 0 Å². The van der Waals surface area contributed by atoms with Crippen LogP contribution in [0.15, 0.2) is 35.5 Å². The molecule has 1 heterocycles. The van der Waals surface area contributed by atoms with Gasteiger partial charge in [0.1, 0.15) is 5.82 Å². The van der Waals surface area contributed by atoms with E-state index in [1.54, 1.807) is 11.8 Å². The van der Waals surface area contributed by atoms with E-state index in [0.717, 1.165) is 16.7 Å². The van der Waals surface area contributed by atoms with E-state index in [-0.39, 0.29) is 0 Å². The molecule has 20 heavy (non-hydrogen) atoms. The molecule has 1 saturated carbocycles. The molecule has 0 unspecified atom stereocenters. The van der Waals surface area contributed by atoms with Crippen LogP contribution in [0.1, 0.15) is 49.5 Å². The van der Waals surface area contributed by atoms with Crippen LogP contribution in [0.4, 0.5) is 0 Å². The van der Waals surface area contributed by atoms with Crippen LogP contribution in [0, 0.1) is 6.92 Å². The molecule has 0 aliphatic heterocycles. The Bertz CT molecular complexity index is 544. The van der Waals surface area contributed by atoms with Crippen molar-refractivity contribution in [2.45, 2.75) is 56.0 Å². The van der Waals surface area contributed by atoms with E-state index in [2.05, 4.69) is 52.0 Å². The number of thioether (sulfide) groups is 1. The fourth-order valence-electron chi connectivity index (χ4n) is 2.93. The van der Waals surface area contributed by atoms with Gasteiger partial charge in [-0.05, 0) is 25.3 Å². The van der Waals surface area contributed by atoms with Crippen LogP contribution in [0.3, 0.4) is 0 Å². The third kappa shape index (κ3) is 3.06. The van der Waals surface area contributed by atoms with Gasteiger partial charge in [-0.1, -0.05) is 61.4 Å². The largest absolute Gasteiger partial charge is 0.303 e. The molecule has 3 nitrogen and oxygen atoms in total. The van der Waals surface area contributed by atoms with Crippen LogP contribution in [0.2, 0.25) is 0 Å². The van der Waals surface area contributed by atoms with Crippen molar-refractivity contribution in [2.75, 3.05) is 0 Å². The van der Waals surface area contributed by atoms with E-state index in [4.69, 9.17) is 0 Å². The van der Waals surface area contributed by atoms with E-state index in [1.165, 1.54) is 37.7 Å². The fourth-order valence-corrected chi connectivity index (χ4v) is 3.94. The first-order valence-corrected chi connectivity index (χ1v) is 8.41. The molecule has 0 saturated heterocycles. The summed E-state index contributed by atoms with van der Waals surface area (Å²) in [6.07, 6.45) is 6.61. The predicted molar refractivity (Wildman–Crippen MR) is 82.9 cm³/mol. The van der Waals surface area contributed by atoms with Gasteiger partial charge in [0, 0.05) is 11.8 Å². The van der Waals surface area contributed by atoms with E-state index in [9.17, 15) is 0 Å². The normalized spacial score (nSPS) is 16.4. The Hall–Kier alpha value is -1.29. The number of aryl methyl sites for hydroxylation is 1. The van der Waals surface area contributed by atoms with Gasteiger partial charge >= 0.3 is 0 Å². The molecule has 1 aromatic heterocycles. The summed E-state index contributed by atoms with van der Waals surface area (Å²) in [5.74, 6) is 2.03. The Balaban J connectivity index is 1.73. The highest BCUT2D eigenvalue weighted by Crippen LogP contribution is 2.33. The first-order valence-electron chi connectivity index (χ1n) is 7.43. The van der Waals surface area contributed by atoms with Crippen LogP contribution < -0.4 is 0 Å². The molecule has 106 valence electrons. The first kappa shape index (κ1) is 13.7. The summed E-state index contributed by atoms with van der Waals surface area (Å²) in [5, 5.41) is 9.76. The summed E-state index contributed by atoms with van der Waals surface area (Å²) in [4.78, 5) is 0. The van der Waals surface area contributed by atoms with Gasteiger partial charge in [-0.15, -0.1) is 10.2 Å². The van der Waals surface area contributed by atoms with Gasteiger partial charge < -0.3 is 4.57 Å². The molecule has 1 aromatic carbocycles. The molecule has 0 amide bonds. The summed E-state index contributed by atoms with van der Waals surface area (Å²) >= 11 is 1.80. The van der Waals surface area contributed by atoms with Crippen LogP contribution in [0.5, 0.6) is 0 Å². The fraction of sp³-hybridized carbons (Fsp3) is 0.500. The average molecular weight is 287 g/mol. The van der Waals surface area contributed by atoms with Crippen LogP contribution in [-0.4, -0.2) is 14.8 Å². The molecule has 0 spiro atoms. The predicted octanol–water partition coefficient (Wildman–Crippen LogP) is 4.38. The summed E-state index contributed by atoms with van der Waals surface area (Å²) in [7, 11) is 0. The van der Waals surface area contributed by atoms with Gasteiger partial charge in [0.25, 0.3) is 0 Å². The molecule has 1 fully saturated rings. The van der Waals surface area contributed by atoms with Crippen molar-refractivity contribution in [1.29, 1.82) is 0 Å². The lowest BCUT2D eigenvalue weighted by molar-refractivity contribution is 0.332. The minimum absolute atomic E-state index is 0.608. The number of hydrogen-bond acceptors (Lipinski definition) is 3. The maximum Gasteiger partial charge on any atom is 0.191 e. The number of rotatable bonds is 4. The Kier molecular flexibility index (Phi) is 4.41.